The zero-order chi connectivity index (χ0) is 8.69. The van der Waals surface area contributed by atoms with Crippen LogP contribution in [0.25, 0.3) is 0 Å². The maximum absolute atomic E-state index is 11.9. The number of amides is 2. The molecule has 1 rings (SSSR count). The predicted octanol–water partition coefficient (Wildman–Crippen LogP) is 0.850. The van der Waals surface area contributed by atoms with Gasteiger partial charge < -0.3 is 11.5 Å². The number of primary amides is 2. The lowest BCUT2D eigenvalue weighted by Crippen LogP contribution is -2.18. The fourth-order valence-electron chi connectivity index (χ4n) is 0.415. The van der Waals surface area contributed by atoms with Crippen LogP contribution in [0.4, 0.5) is 9.18 Å². The van der Waals surface area contributed by atoms with Gasteiger partial charge in [-0.1, -0.05) is 18.2 Å². The van der Waals surface area contributed by atoms with Crippen LogP contribution in [0.5, 0.6) is 0 Å². The normalized spacial score (nSPS) is 7.73. The summed E-state index contributed by atoms with van der Waals surface area (Å²) in [6.45, 7) is 0. The van der Waals surface area contributed by atoms with Crippen molar-refractivity contribution >= 4 is 6.03 Å². The highest BCUT2D eigenvalue weighted by Crippen LogP contribution is 1.91. The van der Waals surface area contributed by atoms with E-state index in [1.807, 2.05) is 0 Å². The molecule has 0 aliphatic rings. The summed E-state index contributed by atoms with van der Waals surface area (Å²) in [5.41, 5.74) is 8.50. The Labute approximate surface area is 63.8 Å². The summed E-state index contributed by atoms with van der Waals surface area (Å²) < 4.78 is 11.9. The number of halogens is 1. The topological polar surface area (TPSA) is 69.1 Å². The monoisotopic (exact) mass is 156 g/mol. The standard InChI is InChI=1S/C6H5F.CH4N2O/c7-6-4-2-1-3-5-6;2-1(3)4/h1-5H;(H4,2,3,4). The minimum absolute atomic E-state index is 0.178. The Hall–Kier alpha value is -1.58. The van der Waals surface area contributed by atoms with E-state index in [1.54, 1.807) is 18.2 Å². The van der Waals surface area contributed by atoms with Crippen LogP contribution in [0, 0.1) is 5.82 Å². The molecule has 0 aromatic heterocycles. The predicted molar refractivity (Wildman–Crippen MR) is 40.2 cm³/mol. The summed E-state index contributed by atoms with van der Waals surface area (Å²) in [5.74, 6) is -0.178. The Morgan fingerprint density at radius 1 is 1.18 bits per heavy atom. The molecule has 4 N–H and O–H groups in total. The smallest absolute Gasteiger partial charge is 0.309 e. The minimum atomic E-state index is -0.833. The van der Waals surface area contributed by atoms with Crippen molar-refractivity contribution in [2.45, 2.75) is 0 Å². The highest BCUT2D eigenvalue weighted by atomic mass is 19.1. The average Bonchev–Trinajstić information content (AvgIpc) is 1.87. The van der Waals surface area contributed by atoms with Crippen LogP contribution < -0.4 is 11.5 Å². The van der Waals surface area contributed by atoms with Crippen molar-refractivity contribution in [3.63, 3.8) is 0 Å². The first kappa shape index (κ1) is 9.42. The highest BCUT2D eigenvalue weighted by molar-refractivity contribution is 5.69. The molecule has 0 saturated carbocycles. The van der Waals surface area contributed by atoms with Crippen LogP contribution in [0.1, 0.15) is 0 Å². The van der Waals surface area contributed by atoms with Gasteiger partial charge in [-0.15, -0.1) is 0 Å². The highest BCUT2D eigenvalue weighted by Gasteiger charge is 1.77. The minimum Gasteiger partial charge on any atom is -0.352 e. The van der Waals surface area contributed by atoms with Gasteiger partial charge in [0.1, 0.15) is 5.82 Å². The lowest BCUT2D eigenvalue weighted by Gasteiger charge is -1.78. The van der Waals surface area contributed by atoms with E-state index in [0.717, 1.165) is 0 Å². The lowest BCUT2D eigenvalue weighted by atomic mass is 10.4. The number of nitrogens with two attached hydrogens (primary N) is 2. The van der Waals surface area contributed by atoms with E-state index in [4.69, 9.17) is 4.79 Å². The van der Waals surface area contributed by atoms with E-state index in [1.165, 1.54) is 12.1 Å². The average molecular weight is 156 g/mol. The van der Waals surface area contributed by atoms with Crippen LogP contribution in [0.3, 0.4) is 0 Å². The first-order valence-electron chi connectivity index (χ1n) is 2.88. The SMILES string of the molecule is Fc1ccccc1.NC(N)=O. The third kappa shape index (κ3) is 8.42. The number of carbonyl (C=O) groups is 1. The molecule has 60 valence electrons. The number of benzene rings is 1. The molecule has 0 aliphatic heterocycles. The third-order valence-electron chi connectivity index (χ3n) is 0.733. The quantitative estimate of drug-likeness (QED) is 0.574. The second-order valence-electron chi connectivity index (χ2n) is 1.70. The van der Waals surface area contributed by atoms with Gasteiger partial charge in [-0.05, 0) is 12.1 Å². The fourth-order valence-corrected chi connectivity index (χ4v) is 0.415. The Morgan fingerprint density at radius 3 is 1.73 bits per heavy atom. The molecule has 0 atom stereocenters. The van der Waals surface area contributed by atoms with Gasteiger partial charge >= 0.3 is 6.03 Å². The Balaban J connectivity index is 0.000000218. The number of hydrogen-bond donors (Lipinski definition) is 2. The van der Waals surface area contributed by atoms with Crippen LogP contribution >= 0.6 is 0 Å². The molecule has 1 aromatic rings. The molecule has 0 unspecified atom stereocenters. The summed E-state index contributed by atoms with van der Waals surface area (Å²) in [5, 5.41) is 0. The second kappa shape index (κ2) is 5.22. The summed E-state index contributed by atoms with van der Waals surface area (Å²) >= 11 is 0. The van der Waals surface area contributed by atoms with E-state index < -0.39 is 6.03 Å². The molecule has 0 fully saturated rings. The molecule has 4 heteroatoms. The number of hydrogen-bond acceptors (Lipinski definition) is 1. The van der Waals surface area contributed by atoms with Gasteiger partial charge in [0.2, 0.25) is 0 Å². The maximum atomic E-state index is 11.9. The fraction of sp³-hybridized carbons (Fsp3) is 0. The van der Waals surface area contributed by atoms with Crippen molar-refractivity contribution in [1.82, 2.24) is 0 Å². The van der Waals surface area contributed by atoms with Crippen LogP contribution in [0.2, 0.25) is 0 Å². The summed E-state index contributed by atoms with van der Waals surface area (Å²) in [4.78, 5) is 9.00. The first-order chi connectivity index (χ1) is 5.13. The van der Waals surface area contributed by atoms with Gasteiger partial charge in [-0.2, -0.15) is 0 Å². The zero-order valence-corrected chi connectivity index (χ0v) is 5.83. The Kier molecular flexibility index (Phi) is 4.47. The van der Waals surface area contributed by atoms with Crippen LogP contribution in [-0.2, 0) is 0 Å². The number of carbonyl (C=O) groups excluding carboxylic acids is 1. The van der Waals surface area contributed by atoms with Crippen molar-refractivity contribution in [2.75, 3.05) is 0 Å². The van der Waals surface area contributed by atoms with Crippen LogP contribution in [0.15, 0.2) is 30.3 Å². The molecule has 0 saturated heterocycles. The second-order valence-corrected chi connectivity index (χ2v) is 1.70. The summed E-state index contributed by atoms with van der Waals surface area (Å²) in [7, 11) is 0. The van der Waals surface area contributed by atoms with Gasteiger partial charge in [0.15, 0.2) is 0 Å². The number of urea groups is 1. The molecule has 0 aliphatic carbocycles. The van der Waals surface area contributed by atoms with Crippen LogP contribution in [-0.4, -0.2) is 6.03 Å². The van der Waals surface area contributed by atoms with Gasteiger partial charge in [0.25, 0.3) is 0 Å². The van der Waals surface area contributed by atoms with E-state index in [2.05, 4.69) is 11.5 Å². The van der Waals surface area contributed by atoms with E-state index >= 15 is 0 Å². The Bertz CT molecular complexity index is 209. The van der Waals surface area contributed by atoms with Crippen molar-refractivity contribution in [3.8, 4) is 0 Å². The van der Waals surface area contributed by atoms with Gasteiger partial charge in [0.05, 0.1) is 0 Å². The zero-order valence-electron chi connectivity index (χ0n) is 5.83. The van der Waals surface area contributed by atoms with E-state index in [9.17, 15) is 4.39 Å². The van der Waals surface area contributed by atoms with Crippen molar-refractivity contribution in [3.05, 3.63) is 36.1 Å². The number of rotatable bonds is 0. The first-order valence-corrected chi connectivity index (χ1v) is 2.88. The largest absolute Gasteiger partial charge is 0.352 e. The van der Waals surface area contributed by atoms with E-state index in [-0.39, 0.29) is 5.82 Å². The van der Waals surface area contributed by atoms with Crippen molar-refractivity contribution < 1.29 is 9.18 Å². The molecule has 3 nitrogen and oxygen atoms in total. The van der Waals surface area contributed by atoms with E-state index in [0.29, 0.717) is 0 Å². The molecular weight excluding hydrogens is 147 g/mol. The van der Waals surface area contributed by atoms with Gasteiger partial charge in [-0.25, -0.2) is 9.18 Å². The molecule has 0 bridgehead atoms. The molecule has 1 aromatic carbocycles. The molecule has 2 amide bonds. The van der Waals surface area contributed by atoms with Crippen molar-refractivity contribution in [1.29, 1.82) is 0 Å². The van der Waals surface area contributed by atoms with Gasteiger partial charge in [0, 0.05) is 0 Å². The summed E-state index contributed by atoms with van der Waals surface area (Å²) in [6, 6.07) is 7.10. The molecule has 0 spiro atoms. The lowest BCUT2D eigenvalue weighted by molar-refractivity contribution is 0.256. The molecule has 11 heavy (non-hydrogen) atoms. The van der Waals surface area contributed by atoms with Gasteiger partial charge in [-0.3, -0.25) is 0 Å². The Morgan fingerprint density at radius 2 is 1.55 bits per heavy atom. The summed E-state index contributed by atoms with van der Waals surface area (Å²) in [6.07, 6.45) is 0. The molecule has 0 radical (unpaired) electrons. The third-order valence-corrected chi connectivity index (χ3v) is 0.733. The van der Waals surface area contributed by atoms with Crippen molar-refractivity contribution in [2.24, 2.45) is 11.5 Å². The maximum Gasteiger partial charge on any atom is 0.309 e. The molecule has 0 heterocycles. The molecular formula is C7H9FN2O.